The van der Waals surface area contributed by atoms with Gasteiger partial charge in [0.15, 0.2) is 0 Å². The van der Waals surface area contributed by atoms with Crippen molar-refractivity contribution in [3.8, 4) is 5.75 Å². The van der Waals surface area contributed by atoms with Crippen molar-refractivity contribution in [1.29, 1.82) is 0 Å². The molecule has 3 aromatic carbocycles. The van der Waals surface area contributed by atoms with Gasteiger partial charge in [-0.3, -0.25) is 4.79 Å². The lowest BCUT2D eigenvalue weighted by Gasteiger charge is -2.19. The molecule has 4 heteroatoms. The number of aromatic hydroxyl groups is 1. The summed E-state index contributed by atoms with van der Waals surface area (Å²) in [6, 6.07) is 23.7. The van der Waals surface area contributed by atoms with E-state index in [0.717, 1.165) is 17.5 Å². The zero-order chi connectivity index (χ0) is 20.4. The number of benzene rings is 3. The van der Waals surface area contributed by atoms with Gasteiger partial charge >= 0.3 is 0 Å². The quantitative estimate of drug-likeness (QED) is 0.504. The maximum absolute atomic E-state index is 12.9. The Hall–Kier alpha value is -3.40. The van der Waals surface area contributed by atoms with Crippen molar-refractivity contribution in [3.05, 3.63) is 101 Å². The summed E-state index contributed by atoms with van der Waals surface area (Å²) in [5, 5.41) is 13.9. The molecule has 1 amide bonds. The maximum Gasteiger partial charge on any atom is 0.244 e. The van der Waals surface area contributed by atoms with Gasteiger partial charge in [0.25, 0.3) is 0 Å². The first-order chi connectivity index (χ1) is 14.0. The number of phenolic OH excluding ortho intramolecular Hbond substituents is 1. The van der Waals surface area contributed by atoms with E-state index in [1.165, 1.54) is 17.3 Å². The summed E-state index contributed by atoms with van der Waals surface area (Å²) < 4.78 is 0. The summed E-state index contributed by atoms with van der Waals surface area (Å²) in [7, 11) is 0. The average molecular weight is 384 g/mol. The first-order valence-electron chi connectivity index (χ1n) is 9.76. The van der Waals surface area contributed by atoms with Crippen molar-refractivity contribution in [2.24, 2.45) is 11.0 Å². The van der Waals surface area contributed by atoms with Crippen molar-refractivity contribution >= 4 is 12.1 Å². The highest BCUT2D eigenvalue weighted by Crippen LogP contribution is 2.59. The van der Waals surface area contributed by atoms with Crippen LogP contribution in [0, 0.1) is 19.8 Å². The normalized spacial score (nSPS) is 17.2. The zero-order valence-corrected chi connectivity index (χ0v) is 16.6. The Morgan fingerprint density at radius 2 is 1.62 bits per heavy atom. The van der Waals surface area contributed by atoms with Crippen LogP contribution < -0.4 is 5.43 Å². The molecule has 0 heterocycles. The van der Waals surface area contributed by atoms with Gasteiger partial charge < -0.3 is 5.11 Å². The Kier molecular flexibility index (Phi) is 4.93. The predicted octanol–water partition coefficient (Wildman–Crippen LogP) is 4.47. The number of para-hydroxylation sites is 1. The Balaban J connectivity index is 1.60. The van der Waals surface area contributed by atoms with E-state index in [4.69, 9.17) is 0 Å². The molecule has 3 aromatic rings. The highest BCUT2D eigenvalue weighted by molar-refractivity contribution is 5.88. The van der Waals surface area contributed by atoms with Crippen LogP contribution in [0.2, 0.25) is 0 Å². The number of aryl methyl sites for hydroxylation is 2. The van der Waals surface area contributed by atoms with Gasteiger partial charge in [-0.1, -0.05) is 71.8 Å². The predicted molar refractivity (Wildman–Crippen MR) is 115 cm³/mol. The summed E-state index contributed by atoms with van der Waals surface area (Å²) in [5.41, 5.74) is 7.58. The third-order valence-electron chi connectivity index (χ3n) is 5.66. The topological polar surface area (TPSA) is 61.7 Å². The highest BCUT2D eigenvalue weighted by atomic mass is 16.3. The number of hydrogen-bond donors (Lipinski definition) is 2. The zero-order valence-electron chi connectivity index (χ0n) is 16.6. The summed E-state index contributed by atoms with van der Waals surface area (Å²) in [6.45, 7) is 4.14. The van der Waals surface area contributed by atoms with E-state index >= 15 is 0 Å². The lowest BCUT2D eigenvalue weighted by atomic mass is 9.84. The minimum Gasteiger partial charge on any atom is -0.507 e. The number of nitrogens with one attached hydrogen (secondary N) is 1. The van der Waals surface area contributed by atoms with E-state index in [1.807, 2.05) is 18.2 Å². The molecule has 1 saturated carbocycles. The van der Waals surface area contributed by atoms with Crippen molar-refractivity contribution < 1.29 is 9.90 Å². The van der Waals surface area contributed by atoms with Crippen LogP contribution in [0.5, 0.6) is 5.75 Å². The van der Waals surface area contributed by atoms with Crippen LogP contribution in [0.15, 0.2) is 77.9 Å². The summed E-state index contributed by atoms with van der Waals surface area (Å²) in [4.78, 5) is 12.9. The molecular formula is C25H24N2O2. The number of rotatable bonds is 5. The number of carbonyl (C=O) groups excluding carboxylic acids is 1. The molecule has 146 valence electrons. The Morgan fingerprint density at radius 3 is 2.21 bits per heavy atom. The fourth-order valence-corrected chi connectivity index (χ4v) is 4.07. The van der Waals surface area contributed by atoms with Gasteiger partial charge in [-0.25, -0.2) is 5.43 Å². The molecule has 4 rings (SSSR count). The van der Waals surface area contributed by atoms with E-state index in [1.54, 1.807) is 18.2 Å². The number of amides is 1. The molecule has 0 aliphatic heterocycles. The van der Waals surface area contributed by atoms with Crippen molar-refractivity contribution in [1.82, 2.24) is 5.43 Å². The third-order valence-corrected chi connectivity index (χ3v) is 5.66. The molecule has 0 spiro atoms. The van der Waals surface area contributed by atoms with Crippen molar-refractivity contribution in [2.75, 3.05) is 0 Å². The molecule has 0 bridgehead atoms. The van der Waals surface area contributed by atoms with E-state index in [2.05, 4.69) is 60.8 Å². The van der Waals surface area contributed by atoms with Gasteiger partial charge in [0, 0.05) is 11.0 Å². The highest BCUT2D eigenvalue weighted by Gasteiger charge is 2.60. The minimum absolute atomic E-state index is 0.111. The molecule has 0 aromatic heterocycles. The molecule has 0 radical (unpaired) electrons. The van der Waals surface area contributed by atoms with Gasteiger partial charge in [-0.2, -0.15) is 5.10 Å². The Bertz CT molecular complexity index is 1040. The van der Waals surface area contributed by atoms with Crippen LogP contribution in [-0.4, -0.2) is 17.2 Å². The monoisotopic (exact) mass is 384 g/mol. The van der Waals surface area contributed by atoms with Crippen molar-refractivity contribution in [3.63, 3.8) is 0 Å². The fraction of sp³-hybridized carbons (Fsp3) is 0.200. The van der Waals surface area contributed by atoms with Crippen LogP contribution in [0.25, 0.3) is 0 Å². The second-order valence-corrected chi connectivity index (χ2v) is 7.76. The van der Waals surface area contributed by atoms with Crippen LogP contribution in [0.4, 0.5) is 0 Å². The molecule has 1 fully saturated rings. The van der Waals surface area contributed by atoms with E-state index < -0.39 is 0 Å². The average Bonchev–Trinajstić information content (AvgIpc) is 3.47. The number of carbonyl (C=O) groups is 1. The Labute approximate surface area is 170 Å². The van der Waals surface area contributed by atoms with Gasteiger partial charge in [-0.05, 0) is 43.5 Å². The second-order valence-electron chi connectivity index (χ2n) is 7.76. The molecule has 1 atom stereocenters. The lowest BCUT2D eigenvalue weighted by molar-refractivity contribution is -0.122. The van der Waals surface area contributed by atoms with E-state index in [0.29, 0.717) is 5.56 Å². The maximum atomic E-state index is 12.9. The number of nitrogens with zero attached hydrogens (tertiary/aromatic N) is 1. The van der Waals surface area contributed by atoms with Gasteiger partial charge in [0.1, 0.15) is 5.75 Å². The smallest absolute Gasteiger partial charge is 0.244 e. The number of phenols is 1. The Morgan fingerprint density at radius 1 is 1.00 bits per heavy atom. The van der Waals surface area contributed by atoms with Crippen molar-refractivity contribution in [2.45, 2.75) is 25.7 Å². The SMILES string of the molecule is Cc1cccc(C2(c3cccc(C)c3)CC2C(=O)N/N=C\c2ccccc2O)c1. The largest absolute Gasteiger partial charge is 0.507 e. The molecule has 4 nitrogen and oxygen atoms in total. The molecule has 0 saturated heterocycles. The molecule has 2 N–H and O–H groups in total. The number of hydrazone groups is 1. The molecule has 1 aliphatic carbocycles. The lowest BCUT2D eigenvalue weighted by Crippen LogP contribution is -2.25. The summed E-state index contributed by atoms with van der Waals surface area (Å²) in [6.07, 6.45) is 2.22. The van der Waals surface area contributed by atoms with E-state index in [9.17, 15) is 9.90 Å². The second kappa shape index (κ2) is 7.55. The van der Waals surface area contributed by atoms with Gasteiger partial charge in [-0.15, -0.1) is 0 Å². The molecular weight excluding hydrogens is 360 g/mol. The van der Waals surface area contributed by atoms with Crippen LogP contribution >= 0.6 is 0 Å². The molecule has 1 unspecified atom stereocenters. The van der Waals surface area contributed by atoms with Crippen LogP contribution in [0.3, 0.4) is 0 Å². The minimum atomic E-state index is -0.327. The summed E-state index contributed by atoms with van der Waals surface area (Å²) in [5.74, 6) is -0.168. The first-order valence-corrected chi connectivity index (χ1v) is 9.76. The standard InChI is InChI=1S/C25H24N2O2/c1-17-7-5-10-20(13-17)25(21-11-6-8-18(2)14-21)15-22(25)24(29)27-26-16-19-9-3-4-12-23(19)28/h3-14,16,22,28H,15H2,1-2H3,(H,27,29)/b26-16-. The van der Waals surface area contributed by atoms with E-state index in [-0.39, 0.29) is 23.0 Å². The molecule has 29 heavy (non-hydrogen) atoms. The van der Waals surface area contributed by atoms with Gasteiger partial charge in [0.05, 0.1) is 12.1 Å². The van der Waals surface area contributed by atoms with Crippen LogP contribution in [-0.2, 0) is 10.2 Å². The fourth-order valence-electron chi connectivity index (χ4n) is 4.07. The molecule has 1 aliphatic rings. The summed E-state index contributed by atoms with van der Waals surface area (Å²) >= 11 is 0. The third kappa shape index (κ3) is 3.66. The van der Waals surface area contributed by atoms with Crippen LogP contribution in [0.1, 0.15) is 34.2 Å². The number of hydrogen-bond acceptors (Lipinski definition) is 3. The first kappa shape index (κ1) is 18.9. The van der Waals surface area contributed by atoms with Gasteiger partial charge in [0.2, 0.25) is 5.91 Å².